The lowest BCUT2D eigenvalue weighted by molar-refractivity contribution is 0.193. The van der Waals surface area contributed by atoms with Crippen LogP contribution in [0.15, 0.2) is 34.8 Å². The smallest absolute Gasteiger partial charge is 0.317 e. The number of likely N-dealkylation sites (tertiary alicyclic amines) is 1. The summed E-state index contributed by atoms with van der Waals surface area (Å²) in [6, 6.07) is 5.83. The number of rotatable bonds is 2. The highest BCUT2D eigenvalue weighted by atomic mass is 79.9. The first-order chi connectivity index (χ1) is 10.1. The summed E-state index contributed by atoms with van der Waals surface area (Å²) in [6.07, 6.45) is 1.79. The molecule has 0 aliphatic carbocycles. The number of nitrogens with one attached hydrogen (secondary N) is 2. The fourth-order valence-corrected chi connectivity index (χ4v) is 2.88. The molecule has 5 nitrogen and oxygen atoms in total. The van der Waals surface area contributed by atoms with Gasteiger partial charge in [0.25, 0.3) is 0 Å². The highest BCUT2D eigenvalue weighted by molar-refractivity contribution is 9.10. The number of aromatic amines is 1. The average molecular weight is 349 g/mol. The number of para-hydroxylation sites is 1. The molecule has 1 aromatic heterocycles. The van der Waals surface area contributed by atoms with Crippen LogP contribution in [-0.4, -0.2) is 34.0 Å². The van der Waals surface area contributed by atoms with Crippen LogP contribution in [0.25, 0.3) is 11.0 Å². The van der Waals surface area contributed by atoms with E-state index in [2.05, 4.69) is 37.8 Å². The molecule has 1 fully saturated rings. The quantitative estimate of drug-likeness (QED) is 0.818. The van der Waals surface area contributed by atoms with Crippen LogP contribution in [-0.2, 0) is 6.54 Å². The number of benzene rings is 1. The topological polar surface area (TPSA) is 61.0 Å². The SMILES string of the molecule is C=C1CCN(C(=O)NCc2nc3c(Br)cccc3[nH]2)CC1. The second kappa shape index (κ2) is 5.89. The van der Waals surface area contributed by atoms with Crippen molar-refractivity contribution in [3.05, 3.63) is 40.6 Å². The van der Waals surface area contributed by atoms with Gasteiger partial charge in [-0.3, -0.25) is 0 Å². The van der Waals surface area contributed by atoms with Gasteiger partial charge in [-0.1, -0.05) is 18.2 Å². The highest BCUT2D eigenvalue weighted by Gasteiger charge is 2.18. The van der Waals surface area contributed by atoms with Gasteiger partial charge in [-0.25, -0.2) is 9.78 Å². The van der Waals surface area contributed by atoms with Crippen LogP contribution in [0, 0.1) is 0 Å². The van der Waals surface area contributed by atoms with Gasteiger partial charge in [0.05, 0.1) is 12.1 Å². The number of carbonyl (C=O) groups excluding carboxylic acids is 1. The number of halogens is 1. The molecule has 1 aromatic carbocycles. The fourth-order valence-electron chi connectivity index (χ4n) is 2.43. The number of aromatic nitrogens is 2. The van der Waals surface area contributed by atoms with Crippen molar-refractivity contribution in [1.82, 2.24) is 20.2 Å². The molecule has 2 N–H and O–H groups in total. The Kier molecular flexibility index (Phi) is 3.96. The minimum atomic E-state index is -0.0398. The molecule has 2 aromatic rings. The van der Waals surface area contributed by atoms with Crippen molar-refractivity contribution in [1.29, 1.82) is 0 Å². The third-order valence-electron chi connectivity index (χ3n) is 3.68. The van der Waals surface area contributed by atoms with Crippen LogP contribution >= 0.6 is 15.9 Å². The van der Waals surface area contributed by atoms with E-state index in [-0.39, 0.29) is 6.03 Å². The molecule has 21 heavy (non-hydrogen) atoms. The molecule has 2 amide bonds. The van der Waals surface area contributed by atoms with Crippen LogP contribution in [0.1, 0.15) is 18.7 Å². The van der Waals surface area contributed by atoms with Gasteiger partial charge in [-0.15, -0.1) is 0 Å². The number of hydrogen-bond acceptors (Lipinski definition) is 2. The summed E-state index contributed by atoms with van der Waals surface area (Å²) in [5.74, 6) is 0.756. The van der Waals surface area contributed by atoms with E-state index in [4.69, 9.17) is 0 Å². The second-order valence-corrected chi connectivity index (χ2v) is 6.07. The fraction of sp³-hybridized carbons (Fsp3) is 0.333. The standard InChI is InChI=1S/C15H17BrN4O/c1-10-5-7-20(8-6-10)15(21)17-9-13-18-12-4-2-3-11(16)14(12)19-13/h2-4H,1,5-9H2,(H,17,21)(H,18,19). The van der Waals surface area contributed by atoms with Crippen LogP contribution in [0.2, 0.25) is 0 Å². The number of amides is 2. The molecule has 1 saturated heterocycles. The Morgan fingerprint density at radius 2 is 2.19 bits per heavy atom. The van der Waals surface area contributed by atoms with E-state index in [0.717, 1.165) is 47.3 Å². The first-order valence-corrected chi connectivity index (χ1v) is 7.75. The summed E-state index contributed by atoms with van der Waals surface area (Å²) >= 11 is 3.47. The molecule has 110 valence electrons. The lowest BCUT2D eigenvalue weighted by Gasteiger charge is -2.27. The zero-order valence-electron chi connectivity index (χ0n) is 11.7. The summed E-state index contributed by atoms with van der Waals surface area (Å²) in [5.41, 5.74) is 3.07. The Labute approximate surface area is 131 Å². The van der Waals surface area contributed by atoms with Crippen LogP contribution in [0.4, 0.5) is 4.79 Å². The van der Waals surface area contributed by atoms with E-state index in [9.17, 15) is 4.79 Å². The largest absolute Gasteiger partial charge is 0.340 e. The predicted octanol–water partition coefficient (Wildman–Crippen LogP) is 3.19. The highest BCUT2D eigenvalue weighted by Crippen LogP contribution is 2.21. The van der Waals surface area contributed by atoms with Crippen LogP contribution in [0.5, 0.6) is 0 Å². The third kappa shape index (κ3) is 3.10. The van der Waals surface area contributed by atoms with Crippen molar-refractivity contribution in [2.45, 2.75) is 19.4 Å². The number of H-pyrrole nitrogens is 1. The molecular formula is C15H17BrN4O. The van der Waals surface area contributed by atoms with Crippen molar-refractivity contribution >= 4 is 33.0 Å². The van der Waals surface area contributed by atoms with Gasteiger partial charge >= 0.3 is 6.03 Å². The zero-order chi connectivity index (χ0) is 14.8. The molecule has 1 aliphatic heterocycles. The average Bonchev–Trinajstić information content (AvgIpc) is 2.90. The van der Waals surface area contributed by atoms with Gasteiger partial charge in [0.1, 0.15) is 11.3 Å². The van der Waals surface area contributed by atoms with Gasteiger partial charge in [-0.05, 0) is 40.9 Å². The molecule has 0 spiro atoms. The van der Waals surface area contributed by atoms with Crippen molar-refractivity contribution in [2.24, 2.45) is 0 Å². The number of imidazole rings is 1. The van der Waals surface area contributed by atoms with Gasteiger partial charge < -0.3 is 15.2 Å². The molecule has 0 saturated carbocycles. The van der Waals surface area contributed by atoms with Crippen molar-refractivity contribution in [3.63, 3.8) is 0 Å². The monoisotopic (exact) mass is 348 g/mol. The van der Waals surface area contributed by atoms with E-state index < -0.39 is 0 Å². The number of hydrogen-bond donors (Lipinski definition) is 2. The molecule has 2 heterocycles. The summed E-state index contributed by atoms with van der Waals surface area (Å²) in [5, 5.41) is 2.91. The van der Waals surface area contributed by atoms with E-state index >= 15 is 0 Å². The molecule has 0 bridgehead atoms. The van der Waals surface area contributed by atoms with Crippen molar-refractivity contribution in [3.8, 4) is 0 Å². The summed E-state index contributed by atoms with van der Waals surface area (Å²) in [4.78, 5) is 21.6. The van der Waals surface area contributed by atoms with Gasteiger partial charge in [-0.2, -0.15) is 0 Å². The van der Waals surface area contributed by atoms with E-state index in [1.807, 2.05) is 23.1 Å². The predicted molar refractivity (Wildman–Crippen MR) is 86.0 cm³/mol. The molecule has 0 unspecified atom stereocenters. The maximum atomic E-state index is 12.1. The molecule has 1 aliphatic rings. The van der Waals surface area contributed by atoms with Gasteiger partial charge in [0.2, 0.25) is 0 Å². The summed E-state index contributed by atoms with van der Waals surface area (Å²) in [6.45, 7) is 5.85. The molecule has 6 heteroatoms. The minimum absolute atomic E-state index is 0.0398. The van der Waals surface area contributed by atoms with Crippen molar-refractivity contribution < 1.29 is 4.79 Å². The number of urea groups is 1. The first-order valence-electron chi connectivity index (χ1n) is 6.96. The summed E-state index contributed by atoms with van der Waals surface area (Å²) < 4.78 is 0.948. The second-order valence-electron chi connectivity index (χ2n) is 5.22. The molecular weight excluding hydrogens is 332 g/mol. The number of nitrogens with zero attached hydrogens (tertiary/aromatic N) is 2. The van der Waals surface area contributed by atoms with Crippen LogP contribution in [0.3, 0.4) is 0 Å². The summed E-state index contributed by atoms with van der Waals surface area (Å²) in [7, 11) is 0. The van der Waals surface area contributed by atoms with E-state index in [0.29, 0.717) is 6.54 Å². The maximum absolute atomic E-state index is 12.1. The Morgan fingerprint density at radius 3 is 2.90 bits per heavy atom. The van der Waals surface area contributed by atoms with Crippen molar-refractivity contribution in [2.75, 3.05) is 13.1 Å². The van der Waals surface area contributed by atoms with E-state index in [1.54, 1.807) is 0 Å². The maximum Gasteiger partial charge on any atom is 0.317 e. The van der Waals surface area contributed by atoms with Gasteiger partial charge in [0.15, 0.2) is 0 Å². The normalized spacial score (nSPS) is 15.5. The zero-order valence-corrected chi connectivity index (χ0v) is 13.2. The molecule has 3 rings (SSSR count). The third-order valence-corrected chi connectivity index (χ3v) is 4.32. The molecule has 0 radical (unpaired) electrons. The Hall–Kier alpha value is -1.82. The first kappa shape index (κ1) is 14.1. The minimum Gasteiger partial charge on any atom is -0.340 e. The van der Waals surface area contributed by atoms with E-state index in [1.165, 1.54) is 5.57 Å². The number of fused-ring (bicyclic) bond motifs is 1. The van der Waals surface area contributed by atoms with Crippen LogP contribution < -0.4 is 5.32 Å². The lowest BCUT2D eigenvalue weighted by Crippen LogP contribution is -2.42. The Morgan fingerprint density at radius 1 is 1.43 bits per heavy atom. The molecule has 0 atom stereocenters. The Balaban J connectivity index is 1.62. The van der Waals surface area contributed by atoms with Gasteiger partial charge in [0, 0.05) is 17.6 Å². The Bertz CT molecular complexity index is 684. The number of piperidine rings is 1. The lowest BCUT2D eigenvalue weighted by atomic mass is 10.1. The number of carbonyl (C=O) groups is 1.